The minimum absolute atomic E-state index is 0.0327. The number of non-ortho nitro benzene ring substituents is 1. The van der Waals surface area contributed by atoms with Crippen molar-refractivity contribution in [1.29, 1.82) is 0 Å². The predicted molar refractivity (Wildman–Crippen MR) is 113 cm³/mol. The zero-order valence-corrected chi connectivity index (χ0v) is 16.5. The van der Waals surface area contributed by atoms with Crippen molar-refractivity contribution < 1.29 is 9.72 Å². The number of nitrogens with zero attached hydrogens (tertiary/aromatic N) is 5. The molecular weight excluding hydrogens is 386 g/mol. The van der Waals surface area contributed by atoms with Crippen LogP contribution in [0.2, 0.25) is 0 Å². The van der Waals surface area contributed by atoms with Crippen molar-refractivity contribution >= 4 is 28.1 Å². The fraction of sp³-hybridized carbons (Fsp3) is 0.286. The second kappa shape index (κ2) is 7.94. The molecule has 0 atom stereocenters. The average Bonchev–Trinajstić information content (AvgIpc) is 2.77. The third kappa shape index (κ3) is 3.73. The van der Waals surface area contributed by atoms with E-state index < -0.39 is 4.92 Å². The SMILES string of the molecule is Cn1nc(CC(=O)N2CCN(c3ccc([N+](=O)[O-])cc3)CC2)c2ccccc2c1=O. The first-order valence-corrected chi connectivity index (χ1v) is 9.66. The Bertz CT molecular complexity index is 1160. The lowest BCUT2D eigenvalue weighted by atomic mass is 10.1. The van der Waals surface area contributed by atoms with E-state index in [1.54, 1.807) is 36.2 Å². The first-order chi connectivity index (χ1) is 14.4. The van der Waals surface area contributed by atoms with Gasteiger partial charge in [0.15, 0.2) is 0 Å². The highest BCUT2D eigenvalue weighted by Gasteiger charge is 2.23. The summed E-state index contributed by atoms with van der Waals surface area (Å²) in [6.45, 7) is 2.40. The number of amides is 1. The van der Waals surface area contributed by atoms with Crippen LogP contribution in [0.15, 0.2) is 53.3 Å². The molecule has 9 nitrogen and oxygen atoms in total. The molecule has 1 fully saturated rings. The summed E-state index contributed by atoms with van der Waals surface area (Å²) < 4.78 is 1.28. The molecule has 0 spiro atoms. The lowest BCUT2D eigenvalue weighted by molar-refractivity contribution is -0.384. The lowest BCUT2D eigenvalue weighted by Gasteiger charge is -2.36. The normalized spacial score (nSPS) is 14.2. The predicted octanol–water partition coefficient (Wildman–Crippen LogP) is 1.73. The molecule has 0 radical (unpaired) electrons. The summed E-state index contributed by atoms with van der Waals surface area (Å²) in [5.41, 5.74) is 1.37. The Morgan fingerprint density at radius 3 is 2.30 bits per heavy atom. The number of fused-ring (bicyclic) bond motifs is 1. The Hall–Kier alpha value is -3.75. The summed E-state index contributed by atoms with van der Waals surface area (Å²) in [7, 11) is 1.59. The molecule has 1 saturated heterocycles. The van der Waals surface area contributed by atoms with E-state index in [-0.39, 0.29) is 23.6 Å². The Morgan fingerprint density at radius 1 is 1.03 bits per heavy atom. The summed E-state index contributed by atoms with van der Waals surface area (Å²) >= 11 is 0. The van der Waals surface area contributed by atoms with Crippen molar-refractivity contribution in [3.63, 3.8) is 0 Å². The highest BCUT2D eigenvalue weighted by Crippen LogP contribution is 2.21. The van der Waals surface area contributed by atoms with Crippen LogP contribution in [0.25, 0.3) is 10.8 Å². The fourth-order valence-corrected chi connectivity index (χ4v) is 3.76. The van der Waals surface area contributed by atoms with E-state index in [0.29, 0.717) is 42.6 Å². The third-order valence-corrected chi connectivity index (χ3v) is 5.41. The van der Waals surface area contributed by atoms with E-state index in [2.05, 4.69) is 10.00 Å². The summed E-state index contributed by atoms with van der Waals surface area (Å²) in [6, 6.07) is 13.6. The molecule has 2 heterocycles. The molecule has 154 valence electrons. The van der Waals surface area contributed by atoms with Gasteiger partial charge >= 0.3 is 0 Å². The molecule has 1 aliphatic rings. The summed E-state index contributed by atoms with van der Waals surface area (Å²) in [5.74, 6) is -0.0327. The van der Waals surface area contributed by atoms with Crippen LogP contribution in [0.1, 0.15) is 5.69 Å². The van der Waals surface area contributed by atoms with Crippen LogP contribution in [0, 0.1) is 10.1 Å². The highest BCUT2D eigenvalue weighted by atomic mass is 16.6. The van der Waals surface area contributed by atoms with Gasteiger partial charge in [-0.3, -0.25) is 19.7 Å². The van der Waals surface area contributed by atoms with E-state index in [9.17, 15) is 19.7 Å². The summed E-state index contributed by atoms with van der Waals surface area (Å²) in [5, 5.41) is 16.4. The molecule has 0 N–H and O–H groups in total. The van der Waals surface area contributed by atoms with Crippen molar-refractivity contribution in [2.45, 2.75) is 6.42 Å². The van der Waals surface area contributed by atoms with Crippen LogP contribution in [0.3, 0.4) is 0 Å². The quantitative estimate of drug-likeness (QED) is 0.482. The van der Waals surface area contributed by atoms with E-state index in [1.165, 1.54) is 16.8 Å². The van der Waals surface area contributed by atoms with E-state index >= 15 is 0 Å². The zero-order valence-electron chi connectivity index (χ0n) is 16.5. The van der Waals surface area contributed by atoms with Crippen molar-refractivity contribution in [2.24, 2.45) is 7.05 Å². The maximum absolute atomic E-state index is 12.9. The van der Waals surface area contributed by atoms with Gasteiger partial charge < -0.3 is 9.80 Å². The van der Waals surface area contributed by atoms with Crippen molar-refractivity contribution in [3.8, 4) is 0 Å². The molecule has 1 amide bonds. The van der Waals surface area contributed by atoms with Crippen LogP contribution < -0.4 is 10.5 Å². The molecule has 0 aliphatic carbocycles. The molecule has 30 heavy (non-hydrogen) atoms. The number of nitro benzene ring substituents is 1. The number of rotatable bonds is 4. The van der Waals surface area contributed by atoms with Crippen LogP contribution in [0.5, 0.6) is 0 Å². The van der Waals surface area contributed by atoms with Gasteiger partial charge in [-0.25, -0.2) is 4.68 Å². The monoisotopic (exact) mass is 407 g/mol. The maximum atomic E-state index is 12.9. The third-order valence-electron chi connectivity index (χ3n) is 5.41. The van der Waals surface area contributed by atoms with Gasteiger partial charge in [-0.1, -0.05) is 18.2 Å². The van der Waals surface area contributed by atoms with Gasteiger partial charge in [-0.15, -0.1) is 0 Å². The second-order valence-electron chi connectivity index (χ2n) is 7.24. The van der Waals surface area contributed by atoms with Gasteiger partial charge in [0.25, 0.3) is 11.2 Å². The van der Waals surface area contributed by atoms with Crippen LogP contribution >= 0.6 is 0 Å². The van der Waals surface area contributed by atoms with Gasteiger partial charge in [0, 0.05) is 56.4 Å². The molecule has 3 aromatic rings. The van der Waals surface area contributed by atoms with Crippen molar-refractivity contribution in [1.82, 2.24) is 14.7 Å². The number of carbonyl (C=O) groups is 1. The largest absolute Gasteiger partial charge is 0.368 e. The number of aryl methyl sites for hydroxylation is 1. The Kier molecular flexibility index (Phi) is 5.18. The molecule has 1 aromatic heterocycles. The number of hydrogen-bond acceptors (Lipinski definition) is 6. The highest BCUT2D eigenvalue weighted by molar-refractivity contribution is 5.88. The molecule has 1 aliphatic heterocycles. The minimum Gasteiger partial charge on any atom is -0.368 e. The van der Waals surface area contributed by atoms with Gasteiger partial charge in [0.2, 0.25) is 5.91 Å². The number of anilines is 1. The van der Waals surface area contributed by atoms with E-state index in [1.807, 2.05) is 12.1 Å². The summed E-state index contributed by atoms with van der Waals surface area (Å²) in [4.78, 5) is 39.4. The first-order valence-electron chi connectivity index (χ1n) is 9.66. The van der Waals surface area contributed by atoms with Gasteiger partial charge in [0.1, 0.15) is 0 Å². The number of hydrogen-bond donors (Lipinski definition) is 0. The Labute approximate surface area is 172 Å². The molecule has 2 aromatic carbocycles. The fourth-order valence-electron chi connectivity index (χ4n) is 3.76. The number of piperazine rings is 1. The number of nitro groups is 1. The molecule has 4 rings (SSSR count). The van der Waals surface area contributed by atoms with Gasteiger partial charge in [-0.05, 0) is 18.2 Å². The smallest absolute Gasteiger partial charge is 0.274 e. The number of aromatic nitrogens is 2. The van der Waals surface area contributed by atoms with Crippen molar-refractivity contribution in [3.05, 3.63) is 74.7 Å². The first kappa shape index (κ1) is 19.6. The maximum Gasteiger partial charge on any atom is 0.274 e. The number of benzene rings is 2. The lowest BCUT2D eigenvalue weighted by Crippen LogP contribution is -2.49. The van der Waals surface area contributed by atoms with Crippen LogP contribution in [0.4, 0.5) is 11.4 Å². The second-order valence-corrected chi connectivity index (χ2v) is 7.24. The Balaban J connectivity index is 1.44. The minimum atomic E-state index is -0.419. The Morgan fingerprint density at radius 2 is 1.67 bits per heavy atom. The molecular formula is C21H21N5O4. The topological polar surface area (TPSA) is 102 Å². The van der Waals surface area contributed by atoms with Gasteiger partial charge in [-0.2, -0.15) is 5.10 Å². The van der Waals surface area contributed by atoms with Crippen molar-refractivity contribution in [2.75, 3.05) is 31.1 Å². The van der Waals surface area contributed by atoms with Crippen LogP contribution in [-0.4, -0.2) is 51.7 Å². The molecule has 9 heteroatoms. The number of carbonyl (C=O) groups excluding carboxylic acids is 1. The average molecular weight is 407 g/mol. The van der Waals surface area contributed by atoms with Crippen LogP contribution in [-0.2, 0) is 18.3 Å². The zero-order chi connectivity index (χ0) is 21.3. The van der Waals surface area contributed by atoms with E-state index in [4.69, 9.17) is 0 Å². The molecule has 0 bridgehead atoms. The molecule has 0 saturated carbocycles. The van der Waals surface area contributed by atoms with Gasteiger partial charge in [0.05, 0.1) is 22.4 Å². The van der Waals surface area contributed by atoms with E-state index in [0.717, 1.165) is 5.69 Å². The standard InChI is InChI=1S/C21H21N5O4/c1-23-21(28)18-5-3-2-4-17(18)19(22-23)14-20(27)25-12-10-24(11-13-25)15-6-8-16(9-7-15)26(29)30/h2-9H,10-14H2,1H3. The molecule has 0 unspecified atom stereocenters. The summed E-state index contributed by atoms with van der Waals surface area (Å²) in [6.07, 6.45) is 0.131.